The minimum Gasteiger partial charge on any atom is -0.447 e. The molecule has 1 atom stereocenters. The Bertz CT molecular complexity index is 693. The number of H-pyrrole nitrogens is 1. The lowest BCUT2D eigenvalue weighted by Gasteiger charge is -2.34. The topological polar surface area (TPSA) is 78.5 Å². The summed E-state index contributed by atoms with van der Waals surface area (Å²) in [6.45, 7) is 1.85. The van der Waals surface area contributed by atoms with Crippen LogP contribution in [-0.4, -0.2) is 64.1 Å². The van der Waals surface area contributed by atoms with E-state index in [2.05, 4.69) is 9.97 Å². The predicted molar refractivity (Wildman–Crippen MR) is 73.8 cm³/mol. The van der Waals surface area contributed by atoms with Gasteiger partial charge in [-0.25, -0.2) is 9.78 Å². The first-order valence-electron chi connectivity index (χ1n) is 6.90. The van der Waals surface area contributed by atoms with Crippen molar-refractivity contribution in [2.24, 2.45) is 0 Å². The normalized spacial score (nSPS) is 21.5. The SMILES string of the molecule is O=C(c1nc2ccccc2[nH]1)N1CCN2C(=O)OC[C@H]2C1. The summed E-state index contributed by atoms with van der Waals surface area (Å²) in [6, 6.07) is 7.50. The van der Waals surface area contributed by atoms with E-state index in [1.807, 2.05) is 24.3 Å². The van der Waals surface area contributed by atoms with Gasteiger partial charge in [0.2, 0.25) is 0 Å². The van der Waals surface area contributed by atoms with E-state index in [-0.39, 0.29) is 18.0 Å². The van der Waals surface area contributed by atoms with Gasteiger partial charge in [-0.3, -0.25) is 9.69 Å². The number of hydrogen-bond donors (Lipinski definition) is 1. The van der Waals surface area contributed by atoms with E-state index in [1.54, 1.807) is 9.80 Å². The average Bonchev–Trinajstić information content (AvgIpc) is 3.10. The molecule has 1 aromatic heterocycles. The van der Waals surface area contributed by atoms with Gasteiger partial charge in [0.25, 0.3) is 5.91 Å². The number of ether oxygens (including phenoxy) is 1. The second kappa shape index (κ2) is 4.47. The number of hydrogen-bond acceptors (Lipinski definition) is 4. The number of fused-ring (bicyclic) bond motifs is 2. The molecule has 2 aromatic rings. The summed E-state index contributed by atoms with van der Waals surface area (Å²) in [5.41, 5.74) is 1.62. The number of aromatic nitrogens is 2. The van der Waals surface area contributed by atoms with E-state index in [0.29, 0.717) is 32.1 Å². The number of carbonyl (C=O) groups excluding carboxylic acids is 2. The summed E-state index contributed by atoms with van der Waals surface area (Å²) in [7, 11) is 0. The van der Waals surface area contributed by atoms with Crippen molar-refractivity contribution in [2.75, 3.05) is 26.2 Å². The molecule has 4 rings (SSSR count). The third kappa shape index (κ3) is 1.93. The van der Waals surface area contributed by atoms with Crippen LogP contribution < -0.4 is 0 Å². The Balaban J connectivity index is 1.56. The van der Waals surface area contributed by atoms with Crippen molar-refractivity contribution in [1.29, 1.82) is 0 Å². The second-order valence-corrected chi connectivity index (χ2v) is 5.28. The van der Waals surface area contributed by atoms with E-state index in [9.17, 15) is 9.59 Å². The van der Waals surface area contributed by atoms with Crippen molar-refractivity contribution in [2.45, 2.75) is 6.04 Å². The van der Waals surface area contributed by atoms with E-state index in [1.165, 1.54) is 0 Å². The smallest absolute Gasteiger partial charge is 0.410 e. The Labute approximate surface area is 120 Å². The largest absolute Gasteiger partial charge is 0.447 e. The maximum absolute atomic E-state index is 12.5. The van der Waals surface area contributed by atoms with Gasteiger partial charge in [-0.2, -0.15) is 0 Å². The van der Waals surface area contributed by atoms with Gasteiger partial charge in [-0.15, -0.1) is 0 Å². The third-order valence-corrected chi connectivity index (χ3v) is 4.00. The monoisotopic (exact) mass is 286 g/mol. The highest BCUT2D eigenvalue weighted by molar-refractivity contribution is 5.94. The fraction of sp³-hybridized carbons (Fsp3) is 0.357. The van der Waals surface area contributed by atoms with Crippen LogP contribution in [0.4, 0.5) is 4.79 Å². The van der Waals surface area contributed by atoms with Gasteiger partial charge in [0.15, 0.2) is 5.82 Å². The number of nitrogens with one attached hydrogen (secondary N) is 1. The van der Waals surface area contributed by atoms with Crippen LogP contribution >= 0.6 is 0 Å². The lowest BCUT2D eigenvalue weighted by molar-refractivity contribution is 0.0606. The number of para-hydroxylation sites is 2. The molecule has 0 unspecified atom stereocenters. The van der Waals surface area contributed by atoms with Crippen LogP contribution in [0.15, 0.2) is 24.3 Å². The average molecular weight is 286 g/mol. The van der Waals surface area contributed by atoms with Gasteiger partial charge in [0, 0.05) is 19.6 Å². The summed E-state index contributed by atoms with van der Waals surface area (Å²) in [6.07, 6.45) is -0.282. The van der Waals surface area contributed by atoms with Crippen molar-refractivity contribution < 1.29 is 14.3 Å². The molecule has 7 heteroatoms. The zero-order valence-electron chi connectivity index (χ0n) is 11.3. The molecule has 0 saturated carbocycles. The first-order chi connectivity index (χ1) is 10.2. The molecular weight excluding hydrogens is 272 g/mol. The number of benzene rings is 1. The molecule has 2 amide bonds. The van der Waals surface area contributed by atoms with Crippen molar-refractivity contribution >= 4 is 23.0 Å². The van der Waals surface area contributed by atoms with Gasteiger partial charge in [-0.1, -0.05) is 12.1 Å². The number of aromatic amines is 1. The highest BCUT2D eigenvalue weighted by atomic mass is 16.6. The Morgan fingerprint density at radius 2 is 2.19 bits per heavy atom. The van der Waals surface area contributed by atoms with E-state index < -0.39 is 0 Å². The Morgan fingerprint density at radius 3 is 3.05 bits per heavy atom. The molecule has 0 radical (unpaired) electrons. The van der Waals surface area contributed by atoms with Gasteiger partial charge < -0.3 is 14.6 Å². The van der Waals surface area contributed by atoms with Crippen LogP contribution in [0.5, 0.6) is 0 Å². The van der Waals surface area contributed by atoms with Gasteiger partial charge in [0.1, 0.15) is 6.61 Å². The highest BCUT2D eigenvalue weighted by Crippen LogP contribution is 2.19. The second-order valence-electron chi connectivity index (χ2n) is 5.28. The van der Waals surface area contributed by atoms with Gasteiger partial charge in [-0.05, 0) is 12.1 Å². The first kappa shape index (κ1) is 12.2. The van der Waals surface area contributed by atoms with Crippen LogP contribution in [-0.2, 0) is 4.74 Å². The van der Waals surface area contributed by atoms with Crippen LogP contribution in [0.25, 0.3) is 11.0 Å². The Morgan fingerprint density at radius 1 is 1.33 bits per heavy atom. The lowest BCUT2D eigenvalue weighted by atomic mass is 10.2. The number of cyclic esters (lactones) is 1. The fourth-order valence-electron chi connectivity index (χ4n) is 2.88. The molecule has 0 aliphatic carbocycles. The van der Waals surface area contributed by atoms with Crippen molar-refractivity contribution in [3.05, 3.63) is 30.1 Å². The number of amides is 2. The predicted octanol–water partition coefficient (Wildman–Crippen LogP) is 0.839. The molecule has 21 heavy (non-hydrogen) atoms. The number of piperazine rings is 1. The maximum Gasteiger partial charge on any atom is 0.410 e. The Hall–Kier alpha value is -2.57. The lowest BCUT2D eigenvalue weighted by Crippen LogP contribution is -2.53. The highest BCUT2D eigenvalue weighted by Gasteiger charge is 2.39. The summed E-state index contributed by atoms with van der Waals surface area (Å²) >= 11 is 0. The number of imidazole rings is 1. The number of rotatable bonds is 1. The van der Waals surface area contributed by atoms with E-state index in [4.69, 9.17) is 4.74 Å². The van der Waals surface area contributed by atoms with Crippen molar-refractivity contribution in [1.82, 2.24) is 19.8 Å². The standard InChI is InChI=1S/C14H14N4O3/c19-13(12-15-10-3-1-2-4-11(10)16-12)17-5-6-18-9(7-17)8-21-14(18)20/h1-4,9H,5-8H2,(H,15,16)/t9-/m1/s1. The summed E-state index contributed by atoms with van der Waals surface area (Å²) in [5.74, 6) is 0.208. The minimum atomic E-state index is -0.282. The molecule has 0 spiro atoms. The van der Waals surface area contributed by atoms with E-state index >= 15 is 0 Å². The molecule has 2 aliphatic rings. The summed E-state index contributed by atoms with van der Waals surface area (Å²) in [4.78, 5) is 34.8. The molecule has 2 aliphatic heterocycles. The Kier molecular flexibility index (Phi) is 2.60. The molecule has 2 saturated heterocycles. The maximum atomic E-state index is 12.5. The molecule has 108 valence electrons. The molecule has 1 aromatic carbocycles. The third-order valence-electron chi connectivity index (χ3n) is 4.00. The van der Waals surface area contributed by atoms with Gasteiger partial charge in [0.05, 0.1) is 17.1 Å². The van der Waals surface area contributed by atoms with Crippen molar-refractivity contribution in [3.8, 4) is 0 Å². The molecule has 1 N–H and O–H groups in total. The number of carbonyl (C=O) groups is 2. The van der Waals surface area contributed by atoms with Gasteiger partial charge >= 0.3 is 6.09 Å². The fourth-order valence-corrected chi connectivity index (χ4v) is 2.88. The molecule has 0 bridgehead atoms. The first-order valence-corrected chi connectivity index (χ1v) is 6.90. The zero-order valence-corrected chi connectivity index (χ0v) is 11.3. The molecule has 2 fully saturated rings. The molecule has 3 heterocycles. The number of nitrogens with zero attached hydrogens (tertiary/aromatic N) is 3. The summed E-state index contributed by atoms with van der Waals surface area (Å²) in [5, 5.41) is 0. The molecule has 7 nitrogen and oxygen atoms in total. The van der Waals surface area contributed by atoms with Crippen LogP contribution in [0.2, 0.25) is 0 Å². The van der Waals surface area contributed by atoms with Crippen LogP contribution in [0.3, 0.4) is 0 Å². The zero-order chi connectivity index (χ0) is 14.4. The van der Waals surface area contributed by atoms with Crippen LogP contribution in [0.1, 0.15) is 10.6 Å². The van der Waals surface area contributed by atoms with E-state index in [0.717, 1.165) is 11.0 Å². The van der Waals surface area contributed by atoms with Crippen molar-refractivity contribution in [3.63, 3.8) is 0 Å². The summed E-state index contributed by atoms with van der Waals surface area (Å²) < 4.78 is 5.01. The minimum absolute atomic E-state index is 0.0421. The quantitative estimate of drug-likeness (QED) is 0.842. The molecular formula is C14H14N4O3. The van der Waals surface area contributed by atoms with Crippen LogP contribution in [0, 0.1) is 0 Å².